The highest BCUT2D eigenvalue weighted by Crippen LogP contribution is 2.28. The second-order valence-electron chi connectivity index (χ2n) is 7.96. The van der Waals surface area contributed by atoms with Crippen LogP contribution >= 0.6 is 0 Å². The Hall–Kier alpha value is -2.82. The van der Waals surface area contributed by atoms with E-state index in [-0.39, 0.29) is 0 Å². The van der Waals surface area contributed by atoms with Crippen LogP contribution in [0.2, 0.25) is 0 Å². The number of H-pyrrole nitrogens is 1. The molecule has 27 heavy (non-hydrogen) atoms. The molecule has 1 fully saturated rings. The van der Waals surface area contributed by atoms with Gasteiger partial charge in [-0.25, -0.2) is 9.50 Å². The summed E-state index contributed by atoms with van der Waals surface area (Å²) in [5.41, 5.74) is 5.31. The van der Waals surface area contributed by atoms with Crippen molar-refractivity contribution in [2.24, 2.45) is 5.92 Å². The van der Waals surface area contributed by atoms with Crippen molar-refractivity contribution < 1.29 is 0 Å². The Kier molecular flexibility index (Phi) is 3.88. The van der Waals surface area contributed by atoms with E-state index in [2.05, 4.69) is 53.4 Å². The highest BCUT2D eigenvalue weighted by molar-refractivity contribution is 5.87. The van der Waals surface area contributed by atoms with Crippen molar-refractivity contribution in [3.8, 4) is 11.4 Å². The standard InChI is InChI=1S/C22H25N5/c1-14-6-8-17(9-7-14)24-20-10-11-21-23-13-19(27(21)26-20)18-12-16-5-3-4-15(2)22(16)25-18/h3-5,10-14,17,25H,6-9H2,1-2H3,(H,24,26)/t14-,17-. The predicted molar refractivity (Wildman–Crippen MR) is 110 cm³/mol. The largest absolute Gasteiger partial charge is 0.366 e. The number of fused-ring (bicyclic) bond motifs is 2. The maximum absolute atomic E-state index is 4.84. The number of imidazole rings is 1. The Balaban J connectivity index is 1.50. The van der Waals surface area contributed by atoms with Crippen LogP contribution in [0, 0.1) is 12.8 Å². The number of anilines is 1. The number of rotatable bonds is 3. The van der Waals surface area contributed by atoms with E-state index in [1.807, 2.05) is 22.8 Å². The lowest BCUT2D eigenvalue weighted by molar-refractivity contribution is 0.360. The molecular weight excluding hydrogens is 334 g/mol. The van der Waals surface area contributed by atoms with Gasteiger partial charge in [0.2, 0.25) is 0 Å². The van der Waals surface area contributed by atoms with Gasteiger partial charge in [0.1, 0.15) is 11.5 Å². The molecule has 5 rings (SSSR count). The molecule has 138 valence electrons. The third-order valence-electron chi connectivity index (χ3n) is 5.87. The second-order valence-corrected chi connectivity index (χ2v) is 7.96. The maximum atomic E-state index is 4.84. The SMILES string of the molecule is Cc1cccc2cc(-c3cnc4ccc(N[C@H]5CC[C@H](C)CC5)nn34)[nH]c12. The molecule has 3 heterocycles. The summed E-state index contributed by atoms with van der Waals surface area (Å²) in [6.07, 6.45) is 6.93. The molecule has 1 aromatic carbocycles. The molecule has 2 N–H and O–H groups in total. The smallest absolute Gasteiger partial charge is 0.154 e. The van der Waals surface area contributed by atoms with E-state index in [4.69, 9.17) is 5.10 Å². The summed E-state index contributed by atoms with van der Waals surface area (Å²) in [7, 11) is 0. The average molecular weight is 359 g/mol. The van der Waals surface area contributed by atoms with Gasteiger partial charge in [-0.3, -0.25) is 0 Å². The average Bonchev–Trinajstić information content (AvgIpc) is 3.28. The Morgan fingerprint density at radius 1 is 1.11 bits per heavy atom. The highest BCUT2D eigenvalue weighted by atomic mass is 15.3. The first-order chi connectivity index (χ1) is 13.2. The highest BCUT2D eigenvalue weighted by Gasteiger charge is 2.19. The van der Waals surface area contributed by atoms with Crippen LogP contribution in [0.15, 0.2) is 42.6 Å². The van der Waals surface area contributed by atoms with Gasteiger partial charge in [0.25, 0.3) is 0 Å². The fraction of sp³-hybridized carbons (Fsp3) is 0.364. The first kappa shape index (κ1) is 16.4. The molecule has 5 heteroatoms. The number of hydrogen-bond acceptors (Lipinski definition) is 3. The van der Waals surface area contributed by atoms with E-state index in [0.29, 0.717) is 6.04 Å². The van der Waals surface area contributed by atoms with Gasteiger partial charge in [-0.05, 0) is 62.3 Å². The summed E-state index contributed by atoms with van der Waals surface area (Å²) in [5, 5.41) is 9.68. The summed E-state index contributed by atoms with van der Waals surface area (Å²) in [6, 6.07) is 13.1. The van der Waals surface area contributed by atoms with Gasteiger partial charge in [0, 0.05) is 16.9 Å². The number of nitrogens with one attached hydrogen (secondary N) is 2. The van der Waals surface area contributed by atoms with Gasteiger partial charge in [-0.1, -0.05) is 25.1 Å². The van der Waals surface area contributed by atoms with Gasteiger partial charge in [0.05, 0.1) is 11.9 Å². The van der Waals surface area contributed by atoms with Gasteiger partial charge in [-0.2, -0.15) is 0 Å². The van der Waals surface area contributed by atoms with Crippen LogP contribution in [0.3, 0.4) is 0 Å². The summed E-state index contributed by atoms with van der Waals surface area (Å²) < 4.78 is 1.94. The predicted octanol–water partition coefficient (Wildman–Crippen LogP) is 5.18. The van der Waals surface area contributed by atoms with Crippen molar-refractivity contribution in [1.29, 1.82) is 0 Å². The van der Waals surface area contributed by atoms with Crippen molar-refractivity contribution in [1.82, 2.24) is 19.6 Å². The van der Waals surface area contributed by atoms with Gasteiger partial charge in [0.15, 0.2) is 5.65 Å². The number of aromatic amines is 1. The fourth-order valence-electron chi connectivity index (χ4n) is 4.19. The van der Waals surface area contributed by atoms with E-state index in [1.165, 1.54) is 42.1 Å². The molecule has 0 bridgehead atoms. The Morgan fingerprint density at radius 3 is 2.78 bits per heavy atom. The molecule has 0 unspecified atom stereocenters. The van der Waals surface area contributed by atoms with Crippen LogP contribution in [-0.2, 0) is 0 Å². The molecule has 0 amide bonds. The quantitative estimate of drug-likeness (QED) is 0.530. The second kappa shape index (κ2) is 6.41. The molecule has 1 saturated carbocycles. The van der Waals surface area contributed by atoms with Crippen LogP contribution in [-0.4, -0.2) is 25.6 Å². The normalized spacial score (nSPS) is 20.4. The number of benzene rings is 1. The zero-order valence-corrected chi connectivity index (χ0v) is 15.9. The van der Waals surface area contributed by atoms with Gasteiger partial charge >= 0.3 is 0 Å². The van der Waals surface area contributed by atoms with E-state index in [0.717, 1.165) is 28.8 Å². The van der Waals surface area contributed by atoms with Crippen LogP contribution in [0.5, 0.6) is 0 Å². The molecule has 0 aliphatic heterocycles. The Bertz CT molecular complexity index is 1100. The first-order valence-electron chi connectivity index (χ1n) is 9.87. The summed E-state index contributed by atoms with van der Waals surface area (Å²) in [5.74, 6) is 1.78. The topological polar surface area (TPSA) is 58.0 Å². The lowest BCUT2D eigenvalue weighted by Crippen LogP contribution is -2.25. The van der Waals surface area contributed by atoms with Crippen LogP contribution in [0.25, 0.3) is 27.9 Å². The van der Waals surface area contributed by atoms with E-state index >= 15 is 0 Å². The summed E-state index contributed by atoms with van der Waals surface area (Å²) in [6.45, 7) is 4.47. The van der Waals surface area contributed by atoms with Crippen molar-refractivity contribution in [3.05, 3.63) is 48.2 Å². The lowest BCUT2D eigenvalue weighted by Gasteiger charge is -2.27. The molecule has 0 atom stereocenters. The molecule has 1 aliphatic rings. The van der Waals surface area contributed by atoms with E-state index in [9.17, 15) is 0 Å². The molecular formula is C22H25N5. The zero-order valence-electron chi connectivity index (χ0n) is 15.9. The van der Waals surface area contributed by atoms with Crippen molar-refractivity contribution in [2.45, 2.75) is 45.6 Å². The molecule has 5 nitrogen and oxygen atoms in total. The lowest BCUT2D eigenvalue weighted by atomic mass is 9.87. The third-order valence-corrected chi connectivity index (χ3v) is 5.87. The minimum Gasteiger partial charge on any atom is -0.366 e. The van der Waals surface area contributed by atoms with E-state index in [1.54, 1.807) is 0 Å². The van der Waals surface area contributed by atoms with Crippen molar-refractivity contribution in [2.75, 3.05) is 5.32 Å². The number of hydrogen-bond donors (Lipinski definition) is 2. The van der Waals surface area contributed by atoms with Gasteiger partial charge < -0.3 is 10.3 Å². The minimum atomic E-state index is 0.522. The van der Waals surface area contributed by atoms with Crippen molar-refractivity contribution in [3.63, 3.8) is 0 Å². The summed E-state index contributed by atoms with van der Waals surface area (Å²) in [4.78, 5) is 8.08. The molecule has 0 saturated heterocycles. The minimum absolute atomic E-state index is 0.522. The van der Waals surface area contributed by atoms with Crippen LogP contribution < -0.4 is 5.32 Å². The van der Waals surface area contributed by atoms with Gasteiger partial charge in [-0.15, -0.1) is 5.10 Å². The summed E-state index contributed by atoms with van der Waals surface area (Å²) >= 11 is 0. The van der Waals surface area contributed by atoms with E-state index < -0.39 is 0 Å². The molecule has 1 aliphatic carbocycles. The fourth-order valence-corrected chi connectivity index (χ4v) is 4.19. The molecule has 3 aromatic heterocycles. The number of aromatic nitrogens is 4. The van der Waals surface area contributed by atoms with Crippen LogP contribution in [0.1, 0.15) is 38.2 Å². The third kappa shape index (κ3) is 2.97. The number of aryl methyl sites for hydroxylation is 1. The first-order valence-corrected chi connectivity index (χ1v) is 9.87. The monoisotopic (exact) mass is 359 g/mol. The van der Waals surface area contributed by atoms with Crippen molar-refractivity contribution >= 4 is 22.4 Å². The molecule has 4 aromatic rings. The number of para-hydroxylation sites is 1. The molecule has 0 spiro atoms. The Labute approximate surface area is 158 Å². The molecule has 0 radical (unpaired) electrons. The number of nitrogens with zero attached hydrogens (tertiary/aromatic N) is 3. The maximum Gasteiger partial charge on any atom is 0.154 e. The zero-order chi connectivity index (χ0) is 18.4. The Morgan fingerprint density at radius 2 is 1.96 bits per heavy atom. The van der Waals surface area contributed by atoms with Crippen LogP contribution in [0.4, 0.5) is 5.82 Å².